The van der Waals surface area contributed by atoms with Crippen molar-refractivity contribution in [1.82, 2.24) is 0 Å². The van der Waals surface area contributed by atoms with E-state index in [1.807, 2.05) is 0 Å². The lowest BCUT2D eigenvalue weighted by molar-refractivity contribution is 0.267. The third-order valence-electron chi connectivity index (χ3n) is 1.92. The van der Waals surface area contributed by atoms with Gasteiger partial charge in [-0.1, -0.05) is 6.92 Å². The summed E-state index contributed by atoms with van der Waals surface area (Å²) in [5.41, 5.74) is -0.305. The topological polar surface area (TPSA) is 20.2 Å². The van der Waals surface area contributed by atoms with Crippen LogP contribution in [0.5, 0.6) is 0 Å². The lowest BCUT2D eigenvalue weighted by Crippen LogP contribution is -2.07. The minimum atomic E-state index is -0.996. The van der Waals surface area contributed by atoms with Gasteiger partial charge in [0, 0.05) is 24.2 Å². The second-order valence-corrected chi connectivity index (χ2v) is 3.76. The van der Waals surface area contributed by atoms with E-state index in [1.54, 1.807) is 0 Å². The molecule has 0 aliphatic rings. The van der Waals surface area contributed by atoms with Crippen molar-refractivity contribution in [3.63, 3.8) is 0 Å². The van der Waals surface area contributed by atoms with Gasteiger partial charge in [0.05, 0.1) is 4.47 Å². The van der Waals surface area contributed by atoms with Gasteiger partial charge in [-0.15, -0.1) is 0 Å². The number of aliphatic hydroxyl groups excluding tert-OH is 1. The second-order valence-electron chi connectivity index (χ2n) is 2.97. The first-order chi connectivity index (χ1) is 6.49. The van der Waals surface area contributed by atoms with Gasteiger partial charge < -0.3 is 5.11 Å². The smallest absolute Gasteiger partial charge is 0.146 e. The Balaban J connectivity index is 3.36. The van der Waals surface area contributed by atoms with Crippen LogP contribution in [0, 0.1) is 17.5 Å². The Labute approximate surface area is 87.7 Å². The molecule has 14 heavy (non-hydrogen) atoms. The van der Waals surface area contributed by atoms with Crippen molar-refractivity contribution in [2.75, 3.05) is 6.61 Å². The van der Waals surface area contributed by atoms with Crippen LogP contribution in [0.2, 0.25) is 0 Å². The Morgan fingerprint density at radius 2 is 1.93 bits per heavy atom. The maximum absolute atomic E-state index is 13.3. The SMILES string of the molecule is CC(CO)c1c(F)cc(F)c(Br)c1F. The molecule has 0 bridgehead atoms. The molecule has 1 nitrogen and oxygen atoms in total. The van der Waals surface area contributed by atoms with Crippen LogP contribution in [0.1, 0.15) is 18.4 Å². The van der Waals surface area contributed by atoms with Crippen LogP contribution in [0.15, 0.2) is 10.5 Å². The summed E-state index contributed by atoms with van der Waals surface area (Å²) in [5.74, 6) is -3.67. The highest BCUT2D eigenvalue weighted by Crippen LogP contribution is 2.29. The maximum atomic E-state index is 13.3. The standard InChI is InChI=1S/C9H8BrF3O/c1-4(3-14)7-5(11)2-6(12)8(10)9(7)13/h2,4,14H,3H2,1H3. The Kier molecular flexibility index (Phi) is 3.55. The van der Waals surface area contributed by atoms with E-state index in [2.05, 4.69) is 15.9 Å². The van der Waals surface area contributed by atoms with Crippen molar-refractivity contribution in [3.8, 4) is 0 Å². The summed E-state index contributed by atoms with van der Waals surface area (Å²) in [4.78, 5) is 0. The Morgan fingerprint density at radius 1 is 1.36 bits per heavy atom. The normalized spacial score (nSPS) is 13.0. The number of halogens is 4. The van der Waals surface area contributed by atoms with Crippen molar-refractivity contribution in [2.24, 2.45) is 0 Å². The number of aliphatic hydroxyl groups is 1. The summed E-state index contributed by atoms with van der Waals surface area (Å²) in [6, 6.07) is 0.592. The zero-order valence-electron chi connectivity index (χ0n) is 7.32. The van der Waals surface area contributed by atoms with Crippen LogP contribution in [0.3, 0.4) is 0 Å². The van der Waals surface area contributed by atoms with E-state index in [9.17, 15) is 13.2 Å². The Bertz CT molecular complexity index is 354. The highest BCUT2D eigenvalue weighted by atomic mass is 79.9. The molecular formula is C9H8BrF3O. The molecule has 0 aliphatic carbocycles. The first-order valence-corrected chi connectivity index (χ1v) is 4.72. The van der Waals surface area contributed by atoms with Gasteiger partial charge in [-0.25, -0.2) is 13.2 Å². The van der Waals surface area contributed by atoms with Gasteiger partial charge in [-0.05, 0) is 15.9 Å². The van der Waals surface area contributed by atoms with E-state index < -0.39 is 34.4 Å². The molecule has 1 N–H and O–H groups in total. The summed E-state index contributed by atoms with van der Waals surface area (Å²) in [6.45, 7) is 1.05. The van der Waals surface area contributed by atoms with Crippen molar-refractivity contribution in [2.45, 2.75) is 12.8 Å². The van der Waals surface area contributed by atoms with E-state index in [1.165, 1.54) is 6.92 Å². The van der Waals surface area contributed by atoms with Crippen LogP contribution in [0.4, 0.5) is 13.2 Å². The molecule has 1 rings (SSSR count). The average Bonchev–Trinajstić information content (AvgIpc) is 2.14. The molecule has 0 saturated carbocycles. The molecule has 5 heteroatoms. The van der Waals surface area contributed by atoms with E-state index in [0.29, 0.717) is 6.07 Å². The molecule has 1 aromatic carbocycles. The molecule has 1 aromatic rings. The van der Waals surface area contributed by atoms with Gasteiger partial charge in [0.1, 0.15) is 17.5 Å². The second kappa shape index (κ2) is 4.31. The molecule has 0 saturated heterocycles. The molecule has 0 fully saturated rings. The fraction of sp³-hybridized carbons (Fsp3) is 0.333. The molecule has 1 atom stereocenters. The predicted octanol–water partition coefficient (Wildman–Crippen LogP) is 2.96. The largest absolute Gasteiger partial charge is 0.396 e. The van der Waals surface area contributed by atoms with Gasteiger partial charge in [0.25, 0.3) is 0 Å². The first kappa shape index (κ1) is 11.5. The molecule has 0 heterocycles. The minimum Gasteiger partial charge on any atom is -0.396 e. The monoisotopic (exact) mass is 268 g/mol. The zero-order valence-corrected chi connectivity index (χ0v) is 8.91. The highest BCUT2D eigenvalue weighted by molar-refractivity contribution is 9.10. The molecule has 0 spiro atoms. The van der Waals surface area contributed by atoms with E-state index in [4.69, 9.17) is 5.11 Å². The van der Waals surface area contributed by atoms with Crippen LogP contribution < -0.4 is 0 Å². The highest BCUT2D eigenvalue weighted by Gasteiger charge is 2.20. The lowest BCUT2D eigenvalue weighted by Gasteiger charge is -2.12. The molecule has 0 radical (unpaired) electrons. The number of rotatable bonds is 2. The van der Waals surface area contributed by atoms with Gasteiger partial charge in [-0.3, -0.25) is 0 Å². The van der Waals surface area contributed by atoms with Crippen molar-refractivity contribution < 1.29 is 18.3 Å². The van der Waals surface area contributed by atoms with Crippen molar-refractivity contribution in [3.05, 3.63) is 33.6 Å². The summed E-state index contributed by atoms with van der Waals surface area (Å²) in [6.07, 6.45) is 0. The Morgan fingerprint density at radius 3 is 2.43 bits per heavy atom. The van der Waals surface area contributed by atoms with E-state index >= 15 is 0 Å². The van der Waals surface area contributed by atoms with E-state index in [-0.39, 0.29) is 5.56 Å². The number of benzene rings is 1. The lowest BCUT2D eigenvalue weighted by atomic mass is 10.0. The third-order valence-corrected chi connectivity index (χ3v) is 2.64. The Hall–Kier alpha value is -0.550. The van der Waals surface area contributed by atoms with Gasteiger partial charge in [0.2, 0.25) is 0 Å². The molecular weight excluding hydrogens is 261 g/mol. The van der Waals surface area contributed by atoms with Crippen LogP contribution in [-0.2, 0) is 0 Å². The fourth-order valence-electron chi connectivity index (χ4n) is 1.12. The van der Waals surface area contributed by atoms with Gasteiger partial charge in [-0.2, -0.15) is 0 Å². The summed E-state index contributed by atoms with van der Waals surface area (Å²) >= 11 is 2.66. The molecule has 78 valence electrons. The number of hydrogen-bond acceptors (Lipinski definition) is 1. The zero-order chi connectivity index (χ0) is 10.9. The first-order valence-electron chi connectivity index (χ1n) is 3.92. The predicted molar refractivity (Wildman–Crippen MR) is 49.5 cm³/mol. The summed E-state index contributed by atoms with van der Waals surface area (Å²) < 4.78 is 38.8. The minimum absolute atomic E-state index is 0.305. The quantitative estimate of drug-likeness (QED) is 0.646. The third kappa shape index (κ3) is 1.93. The van der Waals surface area contributed by atoms with Gasteiger partial charge >= 0.3 is 0 Å². The summed E-state index contributed by atoms with van der Waals surface area (Å²) in [5, 5.41) is 8.75. The van der Waals surface area contributed by atoms with Crippen molar-refractivity contribution >= 4 is 15.9 Å². The van der Waals surface area contributed by atoms with Crippen molar-refractivity contribution in [1.29, 1.82) is 0 Å². The molecule has 0 amide bonds. The van der Waals surface area contributed by atoms with Crippen LogP contribution >= 0.6 is 15.9 Å². The fourth-order valence-corrected chi connectivity index (χ4v) is 1.45. The average molecular weight is 269 g/mol. The molecule has 0 aliphatic heterocycles. The summed E-state index contributed by atoms with van der Waals surface area (Å²) in [7, 11) is 0. The van der Waals surface area contributed by atoms with Crippen LogP contribution in [0.25, 0.3) is 0 Å². The van der Waals surface area contributed by atoms with E-state index in [0.717, 1.165) is 0 Å². The molecule has 1 unspecified atom stereocenters. The van der Waals surface area contributed by atoms with Crippen LogP contribution in [-0.4, -0.2) is 11.7 Å². The van der Waals surface area contributed by atoms with Gasteiger partial charge in [0.15, 0.2) is 0 Å². The maximum Gasteiger partial charge on any atom is 0.146 e. The molecule has 0 aromatic heterocycles. The number of hydrogen-bond donors (Lipinski definition) is 1.